The summed E-state index contributed by atoms with van der Waals surface area (Å²) in [6.45, 7) is 5.02. The summed E-state index contributed by atoms with van der Waals surface area (Å²) in [6, 6.07) is 8.45. The molecule has 0 aliphatic rings. The molecule has 0 bridgehead atoms. The molecule has 0 fully saturated rings. The Kier molecular flexibility index (Phi) is 5.40. The van der Waals surface area contributed by atoms with Crippen LogP contribution >= 0.6 is 0 Å². The maximum absolute atomic E-state index is 12.6. The number of hydrogen-bond acceptors (Lipinski definition) is 4. The summed E-state index contributed by atoms with van der Waals surface area (Å²) in [5.41, 5.74) is 2.64. The molecule has 0 spiro atoms. The van der Waals surface area contributed by atoms with Gasteiger partial charge in [0.15, 0.2) is 0 Å². The minimum Gasteiger partial charge on any atom is -0.469 e. The van der Waals surface area contributed by atoms with E-state index in [2.05, 4.69) is 10.4 Å². The van der Waals surface area contributed by atoms with Crippen molar-refractivity contribution in [1.82, 2.24) is 14.7 Å². The van der Waals surface area contributed by atoms with Gasteiger partial charge in [0.25, 0.3) is 11.8 Å². The van der Waals surface area contributed by atoms with Gasteiger partial charge in [0, 0.05) is 43.1 Å². The zero-order valence-electron chi connectivity index (χ0n) is 15.6. The number of aryl methyl sites for hydroxylation is 2. The second-order valence-electron chi connectivity index (χ2n) is 6.29. The summed E-state index contributed by atoms with van der Waals surface area (Å²) < 4.78 is 6.97. The molecule has 3 rings (SSSR count). The third-order valence-corrected chi connectivity index (χ3v) is 4.27. The monoisotopic (exact) mass is 366 g/mol. The van der Waals surface area contributed by atoms with Gasteiger partial charge in [-0.3, -0.25) is 14.3 Å². The van der Waals surface area contributed by atoms with Crippen molar-refractivity contribution in [3.63, 3.8) is 0 Å². The lowest BCUT2D eigenvalue weighted by Gasteiger charge is -2.16. The zero-order chi connectivity index (χ0) is 19.4. The molecule has 3 aromatic rings. The van der Waals surface area contributed by atoms with Crippen molar-refractivity contribution in [3.05, 3.63) is 71.4 Å². The Bertz CT molecular complexity index is 940. The summed E-state index contributed by atoms with van der Waals surface area (Å²) in [5.74, 6) is 0.223. The van der Waals surface area contributed by atoms with Gasteiger partial charge in [-0.05, 0) is 44.2 Å². The summed E-state index contributed by atoms with van der Waals surface area (Å²) >= 11 is 0. The van der Waals surface area contributed by atoms with E-state index in [0.717, 1.165) is 12.1 Å². The Balaban J connectivity index is 1.62. The third-order valence-electron chi connectivity index (χ3n) is 4.27. The van der Waals surface area contributed by atoms with Gasteiger partial charge in [-0.15, -0.1) is 0 Å². The number of hydrogen-bond donors (Lipinski definition) is 1. The van der Waals surface area contributed by atoms with Crippen LogP contribution in [0.1, 0.15) is 39.0 Å². The first kappa shape index (κ1) is 18.4. The van der Waals surface area contributed by atoms with Gasteiger partial charge in [-0.2, -0.15) is 5.10 Å². The van der Waals surface area contributed by atoms with Gasteiger partial charge < -0.3 is 14.6 Å². The molecule has 0 unspecified atom stereocenters. The number of amides is 2. The number of nitrogens with zero attached hydrogens (tertiary/aromatic N) is 3. The molecule has 2 amide bonds. The van der Waals surface area contributed by atoms with E-state index >= 15 is 0 Å². The molecule has 2 heterocycles. The first-order valence-corrected chi connectivity index (χ1v) is 8.70. The van der Waals surface area contributed by atoms with Crippen LogP contribution in [-0.4, -0.2) is 33.5 Å². The van der Waals surface area contributed by atoms with Gasteiger partial charge >= 0.3 is 0 Å². The highest BCUT2D eigenvalue weighted by atomic mass is 16.3. The number of benzene rings is 1. The highest BCUT2D eigenvalue weighted by Gasteiger charge is 2.14. The Labute approximate surface area is 157 Å². The lowest BCUT2D eigenvalue weighted by molar-refractivity contribution is 0.0785. The Hall–Kier alpha value is -3.35. The molecule has 140 valence electrons. The van der Waals surface area contributed by atoms with Crippen LogP contribution in [0, 0.1) is 6.92 Å². The smallest absolute Gasteiger partial charge is 0.259 e. The van der Waals surface area contributed by atoms with Crippen molar-refractivity contribution in [1.29, 1.82) is 0 Å². The lowest BCUT2D eigenvalue weighted by atomic mass is 10.1. The molecule has 0 aliphatic carbocycles. The van der Waals surface area contributed by atoms with Crippen LogP contribution in [0.4, 0.5) is 5.69 Å². The van der Waals surface area contributed by atoms with Crippen LogP contribution in [0.5, 0.6) is 0 Å². The molecule has 2 aromatic heterocycles. The van der Waals surface area contributed by atoms with E-state index in [1.54, 1.807) is 55.4 Å². The van der Waals surface area contributed by atoms with Crippen LogP contribution in [0.2, 0.25) is 0 Å². The highest BCUT2D eigenvalue weighted by molar-refractivity contribution is 6.05. The molecule has 0 saturated heterocycles. The largest absolute Gasteiger partial charge is 0.469 e. The van der Waals surface area contributed by atoms with E-state index in [4.69, 9.17) is 4.42 Å². The average molecular weight is 366 g/mol. The van der Waals surface area contributed by atoms with Crippen LogP contribution in [0.15, 0.2) is 53.4 Å². The van der Waals surface area contributed by atoms with Crippen molar-refractivity contribution < 1.29 is 14.0 Å². The van der Waals surface area contributed by atoms with Crippen molar-refractivity contribution in [2.45, 2.75) is 26.9 Å². The topological polar surface area (TPSA) is 80.4 Å². The third kappa shape index (κ3) is 4.25. The number of aromatic nitrogens is 2. The fraction of sp³-hybridized carbons (Fsp3) is 0.250. The first-order valence-electron chi connectivity index (χ1n) is 8.70. The predicted molar refractivity (Wildman–Crippen MR) is 102 cm³/mol. The Morgan fingerprint density at radius 3 is 2.56 bits per heavy atom. The van der Waals surface area contributed by atoms with Gasteiger partial charge in [0.05, 0.1) is 18.0 Å². The number of rotatable bonds is 6. The molecule has 0 atom stereocenters. The van der Waals surface area contributed by atoms with Crippen molar-refractivity contribution in [2.24, 2.45) is 0 Å². The number of carbonyl (C=O) groups is 2. The number of nitrogens with one attached hydrogen (secondary N) is 1. The van der Waals surface area contributed by atoms with E-state index in [1.165, 1.54) is 6.26 Å². The quantitative estimate of drug-likeness (QED) is 0.726. The van der Waals surface area contributed by atoms with Crippen molar-refractivity contribution in [3.8, 4) is 0 Å². The van der Waals surface area contributed by atoms with E-state index in [9.17, 15) is 9.59 Å². The van der Waals surface area contributed by atoms with E-state index in [0.29, 0.717) is 29.1 Å². The summed E-state index contributed by atoms with van der Waals surface area (Å²) in [6.07, 6.45) is 5.18. The number of anilines is 1. The second kappa shape index (κ2) is 7.90. The summed E-state index contributed by atoms with van der Waals surface area (Å²) in [4.78, 5) is 26.4. The molecule has 1 aromatic carbocycles. The molecule has 1 N–H and O–H groups in total. The minimum absolute atomic E-state index is 0.0946. The normalized spacial score (nSPS) is 10.6. The van der Waals surface area contributed by atoms with Gasteiger partial charge in [-0.25, -0.2) is 0 Å². The molecular formula is C20H22N4O3. The second-order valence-corrected chi connectivity index (χ2v) is 6.29. The molecule has 7 heteroatoms. The van der Waals surface area contributed by atoms with Crippen LogP contribution in [0.25, 0.3) is 0 Å². The van der Waals surface area contributed by atoms with Crippen molar-refractivity contribution in [2.75, 3.05) is 12.4 Å². The molecule has 27 heavy (non-hydrogen) atoms. The molecule has 0 saturated carbocycles. The van der Waals surface area contributed by atoms with Crippen LogP contribution in [-0.2, 0) is 13.1 Å². The maximum Gasteiger partial charge on any atom is 0.259 e. The summed E-state index contributed by atoms with van der Waals surface area (Å²) in [7, 11) is 1.75. The van der Waals surface area contributed by atoms with E-state index in [1.807, 2.05) is 17.8 Å². The SMILES string of the molecule is CCn1cc(CN(C)C(=O)c2ccc(NC(=O)c3ccoc3C)cc2)cn1. The van der Waals surface area contributed by atoms with Gasteiger partial charge in [-0.1, -0.05) is 0 Å². The van der Waals surface area contributed by atoms with Gasteiger partial charge in [0.2, 0.25) is 0 Å². The Morgan fingerprint density at radius 1 is 1.22 bits per heavy atom. The minimum atomic E-state index is -0.245. The maximum atomic E-state index is 12.6. The zero-order valence-corrected chi connectivity index (χ0v) is 15.6. The average Bonchev–Trinajstić information content (AvgIpc) is 3.30. The highest BCUT2D eigenvalue weighted by Crippen LogP contribution is 2.15. The van der Waals surface area contributed by atoms with Crippen molar-refractivity contribution >= 4 is 17.5 Å². The standard InChI is InChI=1S/C20H22N4O3/c1-4-24-13-15(11-21-24)12-23(3)20(26)16-5-7-17(8-6-16)22-19(25)18-9-10-27-14(18)2/h5-11,13H,4,12H2,1-3H3,(H,22,25). The Morgan fingerprint density at radius 2 is 1.96 bits per heavy atom. The van der Waals surface area contributed by atoms with Crippen LogP contribution < -0.4 is 5.32 Å². The lowest BCUT2D eigenvalue weighted by Crippen LogP contribution is -2.26. The fourth-order valence-corrected chi connectivity index (χ4v) is 2.74. The van der Waals surface area contributed by atoms with Gasteiger partial charge in [0.1, 0.15) is 5.76 Å². The molecule has 7 nitrogen and oxygen atoms in total. The number of furan rings is 1. The van der Waals surface area contributed by atoms with Crippen LogP contribution in [0.3, 0.4) is 0 Å². The first-order chi connectivity index (χ1) is 13.0. The molecule has 0 aliphatic heterocycles. The number of carbonyl (C=O) groups excluding carboxylic acids is 2. The van der Waals surface area contributed by atoms with E-state index in [-0.39, 0.29) is 11.8 Å². The fourth-order valence-electron chi connectivity index (χ4n) is 2.74. The molecular weight excluding hydrogens is 344 g/mol. The molecule has 0 radical (unpaired) electrons. The predicted octanol–water partition coefficient (Wildman–Crippen LogP) is 3.33. The summed E-state index contributed by atoms with van der Waals surface area (Å²) in [5, 5.41) is 7.01. The van der Waals surface area contributed by atoms with E-state index < -0.39 is 0 Å².